The Hall–Kier alpha value is 0.123. The van der Waals surface area contributed by atoms with Crippen molar-refractivity contribution in [3.63, 3.8) is 0 Å². The summed E-state index contributed by atoms with van der Waals surface area (Å²) in [7, 11) is 0. The van der Waals surface area contributed by atoms with Gasteiger partial charge in [-0.3, -0.25) is 0 Å². The van der Waals surface area contributed by atoms with Crippen molar-refractivity contribution >= 4 is 13.6 Å². The molecule has 0 aliphatic carbocycles. The Morgan fingerprint density at radius 1 is 1.50 bits per heavy atom. The Kier molecular flexibility index (Phi) is 9.75. The predicted octanol–water partition coefficient (Wildman–Crippen LogP) is 3.75. The zero-order valence-electron chi connectivity index (χ0n) is 8.79. The van der Waals surface area contributed by atoms with Gasteiger partial charge in [0, 0.05) is 5.75 Å². The monoisotopic (exact) mass is 306 g/mol. The summed E-state index contributed by atoms with van der Waals surface area (Å²) < 4.78 is 5.49. The molecule has 0 unspecified atom stereocenters. The molecule has 0 heterocycles. The van der Waals surface area contributed by atoms with E-state index in [-0.39, 0.29) is 0 Å². The molecule has 0 bridgehead atoms. The van der Waals surface area contributed by atoms with Gasteiger partial charge in [0.25, 0.3) is 0 Å². The molecular weight excluding hydrogens is 293 g/mol. The Morgan fingerprint density at radius 3 is 2.71 bits per heavy atom. The molecule has 0 atom stereocenters. The number of benzene rings is 1. The molecule has 0 fully saturated rings. The van der Waals surface area contributed by atoms with E-state index in [4.69, 9.17) is 4.74 Å². The molecule has 0 radical (unpaired) electrons. The second-order valence-electron chi connectivity index (χ2n) is 3.27. The average Bonchev–Trinajstić information content (AvgIpc) is 2.22. The van der Waals surface area contributed by atoms with Crippen molar-refractivity contribution in [1.29, 1.82) is 0 Å². The van der Waals surface area contributed by atoms with Crippen LogP contribution in [-0.4, -0.2) is 6.61 Å². The third kappa shape index (κ3) is 7.52. The summed E-state index contributed by atoms with van der Waals surface area (Å²) in [5, 5.41) is 0. The van der Waals surface area contributed by atoms with Crippen molar-refractivity contribution in [2.75, 3.05) is 6.61 Å². The molecule has 1 nitrogen and oxygen atoms in total. The van der Waals surface area contributed by atoms with Gasteiger partial charge in [-0.1, -0.05) is 13.8 Å². The molecule has 0 N–H and O–H groups in total. The van der Waals surface area contributed by atoms with Crippen LogP contribution in [0, 0.1) is 12.0 Å². The number of halogens is 1. The number of ether oxygens (including phenoxy) is 1. The van der Waals surface area contributed by atoms with Crippen LogP contribution in [0.15, 0.2) is 24.3 Å². The fraction of sp³-hybridized carbons (Fsp3) is 0.455. The van der Waals surface area contributed by atoms with Gasteiger partial charge in [0.05, 0.1) is 6.61 Å². The van der Waals surface area contributed by atoms with Gasteiger partial charge in [0.15, 0.2) is 0 Å². The quantitative estimate of drug-likeness (QED) is 0.608. The zero-order chi connectivity index (χ0) is 10.8. The van der Waals surface area contributed by atoms with Crippen molar-refractivity contribution in [2.45, 2.75) is 20.3 Å². The van der Waals surface area contributed by atoms with E-state index in [9.17, 15) is 0 Å². The van der Waals surface area contributed by atoms with E-state index in [1.165, 1.54) is 16.3 Å². The van der Waals surface area contributed by atoms with Gasteiger partial charge < -0.3 is 4.74 Å². The second-order valence-corrected chi connectivity index (χ2v) is 3.27. The molecule has 0 aromatic heterocycles. The molecular formula is C11H15BrOZn. The Balaban J connectivity index is 0.000000791. The van der Waals surface area contributed by atoms with Crippen LogP contribution in [0.3, 0.4) is 0 Å². The van der Waals surface area contributed by atoms with Gasteiger partial charge in [-0.05, 0) is 12.3 Å². The molecule has 14 heavy (non-hydrogen) atoms. The second kappa shape index (κ2) is 9.67. The van der Waals surface area contributed by atoms with Crippen molar-refractivity contribution in [1.82, 2.24) is 0 Å². The molecule has 74 valence electrons. The van der Waals surface area contributed by atoms with Crippen molar-refractivity contribution in [3.05, 3.63) is 30.3 Å². The first-order valence-electron chi connectivity index (χ1n) is 4.64. The van der Waals surface area contributed by atoms with E-state index in [2.05, 4.69) is 33.5 Å². The van der Waals surface area contributed by atoms with E-state index in [0.717, 1.165) is 18.8 Å². The molecule has 3 heteroatoms. The zero-order valence-corrected chi connectivity index (χ0v) is 13.3. The summed E-state index contributed by atoms with van der Waals surface area (Å²) in [6.45, 7) is 5.19. The Bertz CT molecular complexity index is 214. The van der Waals surface area contributed by atoms with E-state index in [0.29, 0.717) is 5.92 Å². The summed E-state index contributed by atoms with van der Waals surface area (Å²) in [4.78, 5) is 0. The fourth-order valence-electron chi connectivity index (χ4n) is 0.879. The van der Waals surface area contributed by atoms with E-state index < -0.39 is 0 Å². The molecule has 1 aromatic carbocycles. The Morgan fingerprint density at radius 2 is 2.21 bits per heavy atom. The van der Waals surface area contributed by atoms with E-state index >= 15 is 0 Å². The van der Waals surface area contributed by atoms with Gasteiger partial charge in [0.2, 0.25) is 0 Å². The van der Waals surface area contributed by atoms with Crippen molar-refractivity contribution in [2.24, 2.45) is 5.92 Å². The normalized spacial score (nSPS) is 9.29. The maximum atomic E-state index is 5.49. The predicted molar refractivity (Wildman–Crippen MR) is 59.2 cm³/mol. The first-order valence-corrected chi connectivity index (χ1v) is 11.6. The van der Waals surface area contributed by atoms with Gasteiger partial charge in [-0.15, -0.1) is 12.1 Å². The third-order valence-electron chi connectivity index (χ3n) is 1.64. The molecule has 0 aliphatic heterocycles. The van der Waals surface area contributed by atoms with E-state index in [1.807, 2.05) is 24.3 Å². The van der Waals surface area contributed by atoms with Crippen LogP contribution in [-0.2, 0) is 16.3 Å². The minimum atomic E-state index is 0.706. The van der Waals surface area contributed by atoms with Crippen LogP contribution in [0.4, 0.5) is 0 Å². The van der Waals surface area contributed by atoms with Crippen molar-refractivity contribution < 1.29 is 21.1 Å². The topological polar surface area (TPSA) is 9.23 Å². The molecule has 0 aliphatic rings. The van der Waals surface area contributed by atoms with Gasteiger partial charge in [-0.25, -0.2) is 0 Å². The van der Waals surface area contributed by atoms with Crippen molar-refractivity contribution in [3.8, 4) is 5.75 Å². The van der Waals surface area contributed by atoms with E-state index in [1.54, 1.807) is 0 Å². The molecule has 1 aromatic rings. The summed E-state index contributed by atoms with van der Waals surface area (Å²) >= 11 is 4.25. The van der Waals surface area contributed by atoms with Crippen LogP contribution >= 0.6 is 13.6 Å². The molecule has 1 rings (SSSR count). The first-order chi connectivity index (χ1) is 6.79. The minimum absolute atomic E-state index is 0.706. The maximum absolute atomic E-state index is 5.49. The SMILES string of the molecule is CC(C)CCOc1c[c-]ccc1.[Zn+][Br]. The summed E-state index contributed by atoms with van der Waals surface area (Å²) in [6.07, 6.45) is 1.11. The van der Waals surface area contributed by atoms with Crippen LogP contribution in [0.1, 0.15) is 20.3 Å². The molecule has 0 saturated carbocycles. The summed E-state index contributed by atoms with van der Waals surface area (Å²) in [5.41, 5.74) is 0. The van der Waals surface area contributed by atoms with Crippen LogP contribution in [0.25, 0.3) is 0 Å². The number of rotatable bonds is 4. The summed E-state index contributed by atoms with van der Waals surface area (Å²) in [6, 6.07) is 10.6. The summed E-state index contributed by atoms with van der Waals surface area (Å²) in [5.74, 6) is 1.62. The van der Waals surface area contributed by atoms with Crippen LogP contribution < -0.4 is 4.74 Å². The number of hydrogen-bond donors (Lipinski definition) is 0. The first kappa shape index (κ1) is 14.1. The Labute approximate surface area is 103 Å². The fourth-order valence-corrected chi connectivity index (χ4v) is 0.879. The van der Waals surface area contributed by atoms with Gasteiger partial charge in [-0.2, -0.15) is 18.2 Å². The molecule has 0 spiro atoms. The molecule has 0 amide bonds. The number of hydrogen-bond acceptors (Lipinski definition) is 1. The van der Waals surface area contributed by atoms with Crippen LogP contribution in [0.2, 0.25) is 0 Å². The van der Waals surface area contributed by atoms with Crippen LogP contribution in [0.5, 0.6) is 5.75 Å². The standard InChI is InChI=1S/C11H15O.BrH.Zn/c1-10(2)8-9-12-11-6-4-3-5-7-11;;/h3-4,6-7,10H,8-9H2,1-2H3;1H;/q-1;;+2/p-1. The third-order valence-corrected chi connectivity index (χ3v) is 1.64. The molecule has 0 saturated heterocycles. The van der Waals surface area contributed by atoms with Gasteiger partial charge >= 0.3 is 30.0 Å². The average molecular weight is 309 g/mol. The van der Waals surface area contributed by atoms with Gasteiger partial charge in [0.1, 0.15) is 0 Å².